The van der Waals surface area contributed by atoms with Gasteiger partial charge in [-0.05, 0) is 74.7 Å². The second kappa shape index (κ2) is 8.74. The molecule has 2 fully saturated rings. The summed E-state index contributed by atoms with van der Waals surface area (Å²) in [6, 6.07) is 0. The molecule has 2 aliphatic carbocycles. The summed E-state index contributed by atoms with van der Waals surface area (Å²) in [4.78, 5) is 0. The normalized spacial score (nSPS) is 35.3. The minimum absolute atomic E-state index is 0.925. The molecule has 0 spiro atoms. The first-order chi connectivity index (χ1) is 9.83. The van der Waals surface area contributed by atoms with Crippen molar-refractivity contribution < 1.29 is 4.74 Å². The fourth-order valence-corrected chi connectivity index (χ4v) is 4.60. The van der Waals surface area contributed by atoms with Crippen molar-refractivity contribution in [2.45, 2.75) is 77.6 Å². The summed E-state index contributed by atoms with van der Waals surface area (Å²) >= 11 is 0. The van der Waals surface area contributed by atoms with Crippen LogP contribution in [-0.2, 0) is 4.74 Å². The van der Waals surface area contributed by atoms with Gasteiger partial charge >= 0.3 is 0 Å². The van der Waals surface area contributed by atoms with Gasteiger partial charge in [-0.3, -0.25) is 0 Å². The molecule has 0 aromatic carbocycles. The van der Waals surface area contributed by atoms with Gasteiger partial charge in [0.15, 0.2) is 0 Å². The van der Waals surface area contributed by atoms with Gasteiger partial charge in [0.25, 0.3) is 0 Å². The second-order valence-corrected chi connectivity index (χ2v) is 7.19. The molecule has 0 amide bonds. The molecular formula is C19H34O. The fraction of sp³-hybridized carbons (Fsp3) is 0.895. The summed E-state index contributed by atoms with van der Waals surface area (Å²) in [5.41, 5.74) is 0. The molecule has 0 heterocycles. The highest BCUT2D eigenvalue weighted by Gasteiger charge is 2.30. The van der Waals surface area contributed by atoms with Gasteiger partial charge in [-0.25, -0.2) is 0 Å². The lowest BCUT2D eigenvalue weighted by Gasteiger charge is -2.37. The molecule has 0 saturated heterocycles. The van der Waals surface area contributed by atoms with Crippen LogP contribution in [0.1, 0.15) is 77.6 Å². The van der Waals surface area contributed by atoms with Crippen LogP contribution < -0.4 is 0 Å². The van der Waals surface area contributed by atoms with Crippen LogP contribution in [0, 0.1) is 23.7 Å². The molecule has 0 aromatic heterocycles. The Balaban J connectivity index is 1.65. The van der Waals surface area contributed by atoms with E-state index in [1.165, 1.54) is 70.6 Å². The van der Waals surface area contributed by atoms with Crippen molar-refractivity contribution in [2.24, 2.45) is 23.7 Å². The smallest absolute Gasteiger partial charge is 0.0784 e. The van der Waals surface area contributed by atoms with Gasteiger partial charge in [0, 0.05) is 0 Å². The lowest BCUT2D eigenvalue weighted by Crippen LogP contribution is -2.25. The Labute approximate surface area is 126 Å². The van der Waals surface area contributed by atoms with Crippen molar-refractivity contribution in [2.75, 3.05) is 7.11 Å². The fourth-order valence-electron chi connectivity index (χ4n) is 4.60. The highest BCUT2D eigenvalue weighted by atomic mass is 16.5. The van der Waals surface area contributed by atoms with Crippen LogP contribution in [-0.4, -0.2) is 7.11 Å². The Hall–Kier alpha value is -0.460. The Morgan fingerprint density at radius 1 is 0.850 bits per heavy atom. The van der Waals surface area contributed by atoms with E-state index in [9.17, 15) is 0 Å². The molecule has 0 aromatic rings. The van der Waals surface area contributed by atoms with E-state index in [0.717, 1.165) is 23.7 Å². The number of hydrogen-bond acceptors (Lipinski definition) is 1. The average molecular weight is 278 g/mol. The Morgan fingerprint density at radius 3 is 1.90 bits per heavy atom. The van der Waals surface area contributed by atoms with E-state index in [-0.39, 0.29) is 0 Å². The number of allylic oxidation sites excluding steroid dienone is 1. The van der Waals surface area contributed by atoms with E-state index in [1.54, 1.807) is 7.11 Å². The molecule has 116 valence electrons. The molecule has 1 heteroatoms. The summed E-state index contributed by atoms with van der Waals surface area (Å²) in [5, 5.41) is 0. The van der Waals surface area contributed by atoms with Crippen LogP contribution in [0.3, 0.4) is 0 Å². The van der Waals surface area contributed by atoms with Gasteiger partial charge in [-0.15, -0.1) is 0 Å². The lowest BCUT2D eigenvalue weighted by atomic mass is 9.68. The monoisotopic (exact) mass is 278 g/mol. The predicted octanol–water partition coefficient (Wildman–Crippen LogP) is 5.95. The molecule has 2 rings (SSSR count). The minimum atomic E-state index is 0.925. The van der Waals surface area contributed by atoms with Crippen LogP contribution in [0.5, 0.6) is 0 Å². The van der Waals surface area contributed by atoms with Crippen molar-refractivity contribution in [1.29, 1.82) is 0 Å². The molecule has 2 saturated carbocycles. The molecule has 0 aliphatic heterocycles. The summed E-state index contributed by atoms with van der Waals surface area (Å²) in [7, 11) is 1.74. The van der Waals surface area contributed by atoms with Gasteiger partial charge in [0.2, 0.25) is 0 Å². The van der Waals surface area contributed by atoms with Crippen LogP contribution >= 0.6 is 0 Å². The lowest BCUT2D eigenvalue weighted by molar-refractivity contribution is 0.144. The first-order valence-corrected chi connectivity index (χ1v) is 9.01. The quantitative estimate of drug-likeness (QED) is 0.545. The number of methoxy groups -OCH3 is 1. The van der Waals surface area contributed by atoms with Crippen LogP contribution in [0.4, 0.5) is 0 Å². The standard InChI is InChI=1S/C19H34O/c1-3-5-16-7-11-18(12-8-16)19-13-9-17(10-14-19)6-4-15-20-2/h4,15-19H,3,5-14H2,1-2H3. The Bertz CT molecular complexity index is 267. The molecule has 0 atom stereocenters. The number of rotatable bonds is 6. The molecular weight excluding hydrogens is 244 g/mol. The van der Waals surface area contributed by atoms with Crippen molar-refractivity contribution in [3.63, 3.8) is 0 Å². The molecule has 2 aliphatic rings. The average Bonchev–Trinajstić information content (AvgIpc) is 2.49. The molecule has 0 radical (unpaired) electrons. The molecule has 0 bridgehead atoms. The van der Waals surface area contributed by atoms with Crippen molar-refractivity contribution in [1.82, 2.24) is 0 Å². The maximum Gasteiger partial charge on any atom is 0.0784 e. The van der Waals surface area contributed by atoms with E-state index in [2.05, 4.69) is 13.0 Å². The largest absolute Gasteiger partial charge is 0.505 e. The van der Waals surface area contributed by atoms with Crippen molar-refractivity contribution in [3.8, 4) is 0 Å². The third kappa shape index (κ3) is 4.82. The number of ether oxygens (including phenoxy) is 1. The van der Waals surface area contributed by atoms with Gasteiger partial charge < -0.3 is 4.74 Å². The van der Waals surface area contributed by atoms with Crippen LogP contribution in [0.25, 0.3) is 0 Å². The van der Waals surface area contributed by atoms with Gasteiger partial charge in [-0.2, -0.15) is 0 Å². The highest BCUT2D eigenvalue weighted by molar-refractivity contribution is 4.85. The van der Waals surface area contributed by atoms with Crippen LogP contribution in [0.15, 0.2) is 12.3 Å². The maximum atomic E-state index is 5.00. The van der Waals surface area contributed by atoms with Crippen LogP contribution in [0.2, 0.25) is 0 Å². The predicted molar refractivity (Wildman–Crippen MR) is 86.6 cm³/mol. The first-order valence-electron chi connectivity index (χ1n) is 9.01. The third-order valence-electron chi connectivity index (χ3n) is 5.85. The van der Waals surface area contributed by atoms with Crippen molar-refractivity contribution in [3.05, 3.63) is 12.3 Å². The zero-order chi connectivity index (χ0) is 14.2. The van der Waals surface area contributed by atoms with E-state index in [4.69, 9.17) is 4.74 Å². The van der Waals surface area contributed by atoms with Crippen molar-refractivity contribution >= 4 is 0 Å². The van der Waals surface area contributed by atoms with E-state index < -0.39 is 0 Å². The summed E-state index contributed by atoms with van der Waals surface area (Å²) in [6.45, 7) is 2.34. The van der Waals surface area contributed by atoms with E-state index in [0.29, 0.717) is 0 Å². The van der Waals surface area contributed by atoms with Gasteiger partial charge in [-0.1, -0.05) is 32.6 Å². The highest BCUT2D eigenvalue weighted by Crippen LogP contribution is 2.42. The first kappa shape index (κ1) is 15.9. The molecule has 0 N–H and O–H groups in total. The Kier molecular flexibility index (Phi) is 6.96. The minimum Gasteiger partial charge on any atom is -0.505 e. The van der Waals surface area contributed by atoms with E-state index >= 15 is 0 Å². The number of hydrogen-bond donors (Lipinski definition) is 0. The zero-order valence-electron chi connectivity index (χ0n) is 13.7. The summed E-state index contributed by atoms with van der Waals surface area (Å²) in [6.07, 6.45) is 20.1. The Morgan fingerprint density at radius 2 is 1.40 bits per heavy atom. The van der Waals surface area contributed by atoms with E-state index in [1.807, 2.05) is 6.26 Å². The van der Waals surface area contributed by atoms with Gasteiger partial charge in [0.1, 0.15) is 0 Å². The third-order valence-corrected chi connectivity index (χ3v) is 5.85. The molecule has 0 unspecified atom stereocenters. The topological polar surface area (TPSA) is 9.23 Å². The second-order valence-electron chi connectivity index (χ2n) is 7.19. The molecule has 1 nitrogen and oxygen atoms in total. The maximum absolute atomic E-state index is 5.00. The summed E-state index contributed by atoms with van der Waals surface area (Å²) in [5.74, 6) is 4.11. The SMILES string of the molecule is CCCC1CCC(C2CCC(CC=COC)CC2)CC1. The molecule has 20 heavy (non-hydrogen) atoms. The zero-order valence-corrected chi connectivity index (χ0v) is 13.7. The summed E-state index contributed by atoms with van der Waals surface area (Å²) < 4.78 is 5.00. The van der Waals surface area contributed by atoms with Gasteiger partial charge in [0.05, 0.1) is 13.4 Å².